The number of hydrogen-bond donors (Lipinski definition) is 2. The Morgan fingerprint density at radius 3 is 2.71 bits per heavy atom. The number of nitrogens with one attached hydrogen (secondary N) is 2. The second-order valence-corrected chi connectivity index (χ2v) is 10.6. The van der Waals surface area contributed by atoms with Gasteiger partial charge in [0.25, 0.3) is 0 Å². The molecule has 1 aliphatic carbocycles. The molecule has 9 heteroatoms. The molecule has 0 bridgehead atoms. The van der Waals surface area contributed by atoms with E-state index in [0.29, 0.717) is 21.2 Å². The molecular weight excluding hydrogens is 482 g/mol. The zero-order valence-corrected chi connectivity index (χ0v) is 21.4. The molecule has 4 rings (SSSR count). The number of carbonyl (C=O) groups excluding carboxylic acids is 3. The van der Waals surface area contributed by atoms with Crippen LogP contribution in [0.3, 0.4) is 0 Å². The average molecular weight is 510 g/mol. The van der Waals surface area contributed by atoms with Crippen molar-refractivity contribution in [3.05, 3.63) is 62.0 Å². The van der Waals surface area contributed by atoms with Crippen LogP contribution >= 0.6 is 23.1 Å². The van der Waals surface area contributed by atoms with Crippen LogP contribution in [-0.4, -0.2) is 30.1 Å². The zero-order chi connectivity index (χ0) is 24.9. The van der Waals surface area contributed by atoms with Crippen LogP contribution in [0.4, 0.5) is 5.00 Å². The highest BCUT2D eigenvalue weighted by atomic mass is 32.2. The van der Waals surface area contributed by atoms with E-state index in [0.717, 1.165) is 59.0 Å². The molecule has 182 valence electrons. The molecule has 1 atom stereocenters. The van der Waals surface area contributed by atoms with Crippen molar-refractivity contribution in [2.75, 3.05) is 17.7 Å². The second kappa shape index (κ2) is 11.1. The first-order valence-electron chi connectivity index (χ1n) is 11.7. The number of hydrogen-bond acceptors (Lipinski definition) is 7. The summed E-state index contributed by atoms with van der Waals surface area (Å²) < 4.78 is 5.25. The van der Waals surface area contributed by atoms with Gasteiger partial charge in [0.15, 0.2) is 0 Å². The number of rotatable bonds is 7. The number of thiophene rings is 1. The van der Waals surface area contributed by atoms with E-state index >= 15 is 0 Å². The van der Waals surface area contributed by atoms with Crippen molar-refractivity contribution in [2.45, 2.75) is 51.9 Å². The van der Waals surface area contributed by atoms with Crippen molar-refractivity contribution >= 4 is 45.9 Å². The van der Waals surface area contributed by atoms with E-state index in [4.69, 9.17) is 4.74 Å². The highest BCUT2D eigenvalue weighted by molar-refractivity contribution is 8.03. The Hall–Kier alpha value is -3.09. The molecule has 0 radical (unpaired) electrons. The molecule has 1 aromatic heterocycles. The van der Waals surface area contributed by atoms with E-state index in [1.165, 1.54) is 11.3 Å². The molecule has 2 amide bonds. The van der Waals surface area contributed by atoms with Crippen molar-refractivity contribution in [1.29, 1.82) is 5.26 Å². The van der Waals surface area contributed by atoms with Crippen LogP contribution in [0.5, 0.6) is 0 Å². The first-order chi connectivity index (χ1) is 16.9. The van der Waals surface area contributed by atoms with E-state index in [2.05, 4.69) is 16.7 Å². The van der Waals surface area contributed by atoms with Gasteiger partial charge in [-0.2, -0.15) is 5.26 Å². The van der Waals surface area contributed by atoms with Gasteiger partial charge in [-0.05, 0) is 50.7 Å². The molecule has 1 aliphatic heterocycles. The van der Waals surface area contributed by atoms with Gasteiger partial charge in [0.2, 0.25) is 11.8 Å². The molecule has 0 saturated heterocycles. The standard InChI is InChI=1S/C26H27N3O4S2/c1-3-33-26(32)23-17-6-4-5-7-20(17)35-25(23)29-22(31)14-34-24-19(13-27)18(12-21(30)28-24)16-10-8-15(2)9-11-16/h8-11,18H,3-7,12,14H2,1-2H3,(H,28,30)(H,29,31)/t18-/m1/s1. The topological polar surface area (TPSA) is 108 Å². The maximum atomic E-state index is 12.9. The summed E-state index contributed by atoms with van der Waals surface area (Å²) in [7, 11) is 0. The fourth-order valence-corrected chi connectivity index (χ4v) is 6.56. The molecule has 2 N–H and O–H groups in total. The molecular formula is C26H27N3O4S2. The number of nitrogens with zero attached hydrogens (tertiary/aromatic N) is 1. The van der Waals surface area contributed by atoms with Gasteiger partial charge in [-0.25, -0.2) is 4.79 Å². The fraction of sp³-hybridized carbons (Fsp3) is 0.385. The zero-order valence-electron chi connectivity index (χ0n) is 19.7. The summed E-state index contributed by atoms with van der Waals surface area (Å²) >= 11 is 2.56. The maximum absolute atomic E-state index is 12.9. The number of fused-ring (bicyclic) bond motifs is 1. The number of amides is 2. The Kier molecular flexibility index (Phi) is 7.93. The van der Waals surface area contributed by atoms with Gasteiger partial charge in [-0.1, -0.05) is 41.6 Å². The van der Waals surface area contributed by atoms with Crippen molar-refractivity contribution in [3.8, 4) is 6.07 Å². The van der Waals surface area contributed by atoms with Gasteiger partial charge in [-0.3, -0.25) is 9.59 Å². The van der Waals surface area contributed by atoms with Crippen LogP contribution in [-0.2, 0) is 27.2 Å². The van der Waals surface area contributed by atoms with Gasteiger partial charge in [-0.15, -0.1) is 11.3 Å². The Morgan fingerprint density at radius 1 is 1.26 bits per heavy atom. The van der Waals surface area contributed by atoms with Crippen LogP contribution in [0, 0.1) is 18.3 Å². The Labute approximate surface area is 212 Å². The lowest BCUT2D eigenvalue weighted by atomic mass is 9.87. The monoisotopic (exact) mass is 509 g/mol. The average Bonchev–Trinajstić information content (AvgIpc) is 3.20. The number of nitriles is 1. The summed E-state index contributed by atoms with van der Waals surface area (Å²) in [5, 5.41) is 16.4. The van der Waals surface area contributed by atoms with Crippen LogP contribution in [0.15, 0.2) is 34.9 Å². The van der Waals surface area contributed by atoms with Gasteiger partial charge in [0, 0.05) is 17.2 Å². The quantitative estimate of drug-likeness (QED) is 0.518. The lowest BCUT2D eigenvalue weighted by Crippen LogP contribution is -2.31. The molecule has 2 aromatic rings. The number of anilines is 1. The Morgan fingerprint density at radius 2 is 2.00 bits per heavy atom. The van der Waals surface area contributed by atoms with Crippen molar-refractivity contribution in [2.24, 2.45) is 0 Å². The number of allylic oxidation sites excluding steroid dienone is 1. The third-order valence-corrected chi connectivity index (χ3v) is 8.31. The van der Waals surface area contributed by atoms with Gasteiger partial charge in [0.05, 0.1) is 34.6 Å². The molecule has 0 unspecified atom stereocenters. The number of aryl methyl sites for hydroxylation is 2. The normalized spacial score (nSPS) is 17.3. The molecule has 7 nitrogen and oxygen atoms in total. The third-order valence-electron chi connectivity index (χ3n) is 6.09. The maximum Gasteiger partial charge on any atom is 0.341 e. The minimum absolute atomic E-state index is 0.00770. The molecule has 35 heavy (non-hydrogen) atoms. The summed E-state index contributed by atoms with van der Waals surface area (Å²) in [6.07, 6.45) is 3.95. The van der Waals surface area contributed by atoms with Crippen LogP contribution in [0.1, 0.15) is 64.0 Å². The van der Waals surface area contributed by atoms with Gasteiger partial charge < -0.3 is 15.4 Å². The minimum Gasteiger partial charge on any atom is -0.462 e. The van der Waals surface area contributed by atoms with Gasteiger partial charge >= 0.3 is 5.97 Å². The van der Waals surface area contributed by atoms with E-state index in [9.17, 15) is 19.6 Å². The third kappa shape index (κ3) is 5.60. The first-order valence-corrected chi connectivity index (χ1v) is 13.5. The predicted molar refractivity (Wildman–Crippen MR) is 137 cm³/mol. The van der Waals surface area contributed by atoms with E-state index in [1.807, 2.05) is 31.2 Å². The van der Waals surface area contributed by atoms with Crippen LogP contribution in [0.2, 0.25) is 0 Å². The molecule has 0 spiro atoms. The first kappa shape index (κ1) is 25.0. The number of carbonyl (C=O) groups is 3. The largest absolute Gasteiger partial charge is 0.462 e. The summed E-state index contributed by atoms with van der Waals surface area (Å²) in [4.78, 5) is 39.0. The van der Waals surface area contributed by atoms with E-state index in [1.54, 1.807) is 6.92 Å². The summed E-state index contributed by atoms with van der Waals surface area (Å²) in [6.45, 7) is 4.00. The second-order valence-electron chi connectivity index (χ2n) is 8.54. The summed E-state index contributed by atoms with van der Waals surface area (Å²) in [5.41, 5.74) is 3.89. The van der Waals surface area contributed by atoms with Crippen LogP contribution in [0.25, 0.3) is 0 Å². The molecule has 0 fully saturated rings. The lowest BCUT2D eigenvalue weighted by Gasteiger charge is -2.25. The Balaban J connectivity index is 1.51. The van der Waals surface area contributed by atoms with E-state index in [-0.39, 0.29) is 36.5 Å². The van der Waals surface area contributed by atoms with E-state index < -0.39 is 5.97 Å². The number of thioether (sulfide) groups is 1. The fourth-order valence-electron chi connectivity index (χ4n) is 4.39. The SMILES string of the molecule is CCOC(=O)c1c(NC(=O)CSC2=C(C#N)[C@@H](c3ccc(C)cc3)CC(=O)N2)sc2c1CCCC2. The highest BCUT2D eigenvalue weighted by Gasteiger charge is 2.31. The van der Waals surface area contributed by atoms with Crippen molar-refractivity contribution < 1.29 is 19.1 Å². The minimum atomic E-state index is -0.412. The molecule has 2 heterocycles. The van der Waals surface area contributed by atoms with Crippen molar-refractivity contribution in [3.63, 3.8) is 0 Å². The summed E-state index contributed by atoms with van der Waals surface area (Å²) in [5.74, 6) is -1.26. The number of benzene rings is 1. The smallest absolute Gasteiger partial charge is 0.341 e. The molecule has 2 aliphatic rings. The van der Waals surface area contributed by atoms with Gasteiger partial charge in [0.1, 0.15) is 5.00 Å². The number of ether oxygens (including phenoxy) is 1. The predicted octanol–water partition coefficient (Wildman–Crippen LogP) is 4.82. The molecule has 1 aromatic carbocycles. The number of esters is 1. The van der Waals surface area contributed by atoms with Crippen molar-refractivity contribution in [1.82, 2.24) is 5.32 Å². The summed E-state index contributed by atoms with van der Waals surface area (Å²) in [6, 6.07) is 10.0. The lowest BCUT2D eigenvalue weighted by molar-refractivity contribution is -0.121. The molecule has 0 saturated carbocycles. The highest BCUT2D eigenvalue weighted by Crippen LogP contribution is 2.39. The van der Waals surface area contributed by atoms with Crippen LogP contribution < -0.4 is 10.6 Å². The Bertz CT molecular complexity index is 1220.